The Morgan fingerprint density at radius 3 is 2.50 bits per heavy atom. The molecule has 2 aromatic rings. The van der Waals surface area contributed by atoms with Gasteiger partial charge in [-0.2, -0.15) is 5.10 Å². The Labute approximate surface area is 137 Å². The molecule has 0 aromatic carbocycles. The van der Waals surface area contributed by atoms with E-state index in [1.165, 1.54) is 18.2 Å². The van der Waals surface area contributed by atoms with E-state index in [1.807, 2.05) is 13.8 Å². The number of amides is 1. The standard InChI is InChI=1S/C16H18N4O4/c1-3-9-10(14(21)20-19-11(9)4-2)8-17-15(22)12-6-5-7-13(18-12)16(23)24/h5-7H,3-4,8H2,1-2H3,(H,17,22)(H,20,21)(H,23,24). The largest absolute Gasteiger partial charge is 0.477 e. The highest BCUT2D eigenvalue weighted by Gasteiger charge is 2.15. The van der Waals surface area contributed by atoms with Gasteiger partial charge in [0.25, 0.3) is 11.5 Å². The van der Waals surface area contributed by atoms with Crippen molar-refractivity contribution in [1.29, 1.82) is 0 Å². The molecule has 0 spiro atoms. The molecule has 0 saturated carbocycles. The minimum absolute atomic E-state index is 0.0193. The van der Waals surface area contributed by atoms with Crippen molar-refractivity contribution in [3.05, 3.63) is 56.8 Å². The maximum absolute atomic E-state index is 12.2. The average molecular weight is 330 g/mol. The molecule has 0 aliphatic heterocycles. The molecule has 0 aliphatic carbocycles. The van der Waals surface area contributed by atoms with Gasteiger partial charge in [-0.3, -0.25) is 9.59 Å². The number of hydrogen-bond donors (Lipinski definition) is 3. The Morgan fingerprint density at radius 1 is 1.17 bits per heavy atom. The molecule has 2 rings (SSSR count). The average Bonchev–Trinajstić information content (AvgIpc) is 2.60. The van der Waals surface area contributed by atoms with Gasteiger partial charge < -0.3 is 10.4 Å². The molecule has 0 saturated heterocycles. The fourth-order valence-electron chi connectivity index (χ4n) is 2.40. The van der Waals surface area contributed by atoms with Crippen molar-refractivity contribution in [1.82, 2.24) is 20.5 Å². The molecule has 0 radical (unpaired) electrons. The normalized spacial score (nSPS) is 10.4. The number of H-pyrrole nitrogens is 1. The number of nitrogens with one attached hydrogen (secondary N) is 2. The second-order valence-corrected chi connectivity index (χ2v) is 5.06. The van der Waals surface area contributed by atoms with E-state index in [-0.39, 0.29) is 23.5 Å². The Hall–Kier alpha value is -3.03. The highest BCUT2D eigenvalue weighted by molar-refractivity contribution is 5.94. The summed E-state index contributed by atoms with van der Waals surface area (Å²) in [6, 6.07) is 4.16. The summed E-state index contributed by atoms with van der Waals surface area (Å²) < 4.78 is 0. The predicted molar refractivity (Wildman–Crippen MR) is 86.0 cm³/mol. The van der Waals surface area contributed by atoms with Crippen molar-refractivity contribution in [3.8, 4) is 0 Å². The number of carboxylic acids is 1. The van der Waals surface area contributed by atoms with E-state index in [0.717, 1.165) is 11.3 Å². The lowest BCUT2D eigenvalue weighted by atomic mass is 10.0. The van der Waals surface area contributed by atoms with Crippen LogP contribution in [-0.4, -0.2) is 32.2 Å². The molecule has 0 fully saturated rings. The molecule has 2 heterocycles. The molecule has 126 valence electrons. The smallest absolute Gasteiger partial charge is 0.354 e. The van der Waals surface area contributed by atoms with Crippen LogP contribution in [0, 0.1) is 0 Å². The van der Waals surface area contributed by atoms with Crippen LogP contribution >= 0.6 is 0 Å². The molecule has 1 amide bonds. The number of aryl methyl sites for hydroxylation is 1. The molecule has 0 aliphatic rings. The molecule has 8 heteroatoms. The van der Waals surface area contributed by atoms with Crippen LogP contribution in [0.3, 0.4) is 0 Å². The lowest BCUT2D eigenvalue weighted by Gasteiger charge is -2.11. The van der Waals surface area contributed by atoms with Crippen LogP contribution in [0.5, 0.6) is 0 Å². The lowest BCUT2D eigenvalue weighted by molar-refractivity contribution is 0.0690. The third-order valence-corrected chi connectivity index (χ3v) is 3.59. The van der Waals surface area contributed by atoms with Gasteiger partial charge >= 0.3 is 5.97 Å². The summed E-state index contributed by atoms with van der Waals surface area (Å²) in [5.41, 5.74) is 1.46. The fourth-order valence-corrected chi connectivity index (χ4v) is 2.40. The third-order valence-electron chi connectivity index (χ3n) is 3.59. The number of carboxylic acid groups (broad SMARTS) is 1. The maximum Gasteiger partial charge on any atom is 0.354 e. The lowest BCUT2D eigenvalue weighted by Crippen LogP contribution is -2.30. The molecule has 8 nitrogen and oxygen atoms in total. The highest BCUT2D eigenvalue weighted by Crippen LogP contribution is 2.10. The summed E-state index contributed by atoms with van der Waals surface area (Å²) in [6.45, 7) is 3.87. The first kappa shape index (κ1) is 17.3. The summed E-state index contributed by atoms with van der Waals surface area (Å²) in [5, 5.41) is 18.0. The number of nitrogens with zero attached hydrogens (tertiary/aromatic N) is 2. The zero-order valence-electron chi connectivity index (χ0n) is 13.4. The van der Waals surface area contributed by atoms with E-state index in [2.05, 4.69) is 20.5 Å². The van der Waals surface area contributed by atoms with Gasteiger partial charge in [-0.05, 0) is 30.5 Å². The van der Waals surface area contributed by atoms with Crippen molar-refractivity contribution in [2.75, 3.05) is 0 Å². The summed E-state index contributed by atoms with van der Waals surface area (Å²) in [6.07, 6.45) is 1.29. The second-order valence-electron chi connectivity index (χ2n) is 5.06. The van der Waals surface area contributed by atoms with Gasteiger partial charge in [0.05, 0.1) is 5.69 Å². The van der Waals surface area contributed by atoms with Gasteiger partial charge in [-0.25, -0.2) is 14.9 Å². The van der Waals surface area contributed by atoms with Gasteiger partial charge in [0, 0.05) is 12.1 Å². The first-order chi connectivity index (χ1) is 11.5. The molecule has 3 N–H and O–H groups in total. The Bertz CT molecular complexity index is 829. The minimum Gasteiger partial charge on any atom is -0.477 e. The minimum atomic E-state index is -1.21. The van der Waals surface area contributed by atoms with Crippen LogP contribution in [0.15, 0.2) is 23.0 Å². The predicted octanol–water partition coefficient (Wildman–Crippen LogP) is 0.918. The van der Waals surface area contributed by atoms with Crippen molar-refractivity contribution in [3.63, 3.8) is 0 Å². The molecule has 24 heavy (non-hydrogen) atoms. The zero-order chi connectivity index (χ0) is 17.7. The SMILES string of the molecule is CCc1n[nH]c(=O)c(CNC(=O)c2cccc(C(=O)O)n2)c1CC. The van der Waals surface area contributed by atoms with E-state index in [1.54, 1.807) is 0 Å². The second kappa shape index (κ2) is 7.49. The third kappa shape index (κ3) is 3.65. The molecule has 2 aromatic heterocycles. The van der Waals surface area contributed by atoms with Crippen molar-refractivity contribution >= 4 is 11.9 Å². The fraction of sp³-hybridized carbons (Fsp3) is 0.312. The Kier molecular flexibility index (Phi) is 5.41. The Morgan fingerprint density at radius 2 is 1.88 bits per heavy atom. The molecule has 0 unspecified atom stereocenters. The van der Waals surface area contributed by atoms with Crippen LogP contribution in [0.1, 0.15) is 51.6 Å². The van der Waals surface area contributed by atoms with Crippen LogP contribution in [0.25, 0.3) is 0 Å². The van der Waals surface area contributed by atoms with Gasteiger partial charge in [0.15, 0.2) is 0 Å². The quantitative estimate of drug-likeness (QED) is 0.723. The zero-order valence-corrected chi connectivity index (χ0v) is 13.4. The number of rotatable bonds is 6. The molecular weight excluding hydrogens is 312 g/mol. The van der Waals surface area contributed by atoms with Crippen LogP contribution in [0.4, 0.5) is 0 Å². The summed E-state index contributed by atoms with van der Waals surface area (Å²) in [5.74, 6) is -1.76. The van der Waals surface area contributed by atoms with Gasteiger partial charge in [0.1, 0.15) is 11.4 Å². The van der Waals surface area contributed by atoms with Crippen molar-refractivity contribution in [2.45, 2.75) is 33.2 Å². The van der Waals surface area contributed by atoms with Crippen LogP contribution in [0.2, 0.25) is 0 Å². The summed E-state index contributed by atoms with van der Waals surface area (Å²) in [7, 11) is 0. The van der Waals surface area contributed by atoms with Crippen molar-refractivity contribution < 1.29 is 14.7 Å². The summed E-state index contributed by atoms with van der Waals surface area (Å²) >= 11 is 0. The monoisotopic (exact) mass is 330 g/mol. The number of pyridine rings is 1. The number of aromatic carboxylic acids is 1. The topological polar surface area (TPSA) is 125 Å². The number of aromatic nitrogens is 3. The summed E-state index contributed by atoms with van der Waals surface area (Å²) in [4.78, 5) is 38.8. The number of aromatic amines is 1. The molecule has 0 bridgehead atoms. The Balaban J connectivity index is 2.22. The van der Waals surface area contributed by atoms with E-state index in [4.69, 9.17) is 5.11 Å². The maximum atomic E-state index is 12.2. The number of hydrogen-bond acceptors (Lipinski definition) is 5. The van der Waals surface area contributed by atoms with E-state index >= 15 is 0 Å². The van der Waals surface area contributed by atoms with E-state index < -0.39 is 11.9 Å². The van der Waals surface area contributed by atoms with E-state index in [9.17, 15) is 14.4 Å². The van der Waals surface area contributed by atoms with Crippen LogP contribution in [-0.2, 0) is 19.4 Å². The van der Waals surface area contributed by atoms with Gasteiger partial charge in [0.2, 0.25) is 0 Å². The van der Waals surface area contributed by atoms with Gasteiger partial charge in [-0.15, -0.1) is 0 Å². The first-order valence-corrected chi connectivity index (χ1v) is 7.55. The van der Waals surface area contributed by atoms with E-state index in [0.29, 0.717) is 18.4 Å². The van der Waals surface area contributed by atoms with Gasteiger partial charge in [-0.1, -0.05) is 19.9 Å². The number of carbonyl (C=O) groups is 2. The van der Waals surface area contributed by atoms with Crippen molar-refractivity contribution in [2.24, 2.45) is 0 Å². The molecular formula is C16H18N4O4. The number of carbonyl (C=O) groups excluding carboxylic acids is 1. The molecule has 0 atom stereocenters. The van der Waals surface area contributed by atoms with Crippen LogP contribution < -0.4 is 10.9 Å². The highest BCUT2D eigenvalue weighted by atomic mass is 16.4. The first-order valence-electron chi connectivity index (χ1n) is 7.55.